The van der Waals surface area contributed by atoms with E-state index < -0.39 is 0 Å². The number of amides is 1. The summed E-state index contributed by atoms with van der Waals surface area (Å²) in [7, 11) is 1.68. The van der Waals surface area contributed by atoms with Crippen LogP contribution in [0.2, 0.25) is 0 Å². The van der Waals surface area contributed by atoms with E-state index in [1.807, 2.05) is 0 Å². The summed E-state index contributed by atoms with van der Waals surface area (Å²) in [5.41, 5.74) is 2.59. The minimum atomic E-state index is -0.318. The Morgan fingerprint density at radius 2 is 2.50 bits per heavy atom. The lowest BCUT2D eigenvalue weighted by atomic mass is 10.2. The second-order valence-corrected chi connectivity index (χ2v) is 4.24. The molecular weight excluding hydrogens is 228 g/mol. The summed E-state index contributed by atoms with van der Waals surface area (Å²) in [5.74, 6) is 7.04. The first-order valence-corrected chi connectivity index (χ1v) is 6.09. The largest absolute Gasteiger partial charge is 0.468 e. The van der Waals surface area contributed by atoms with Crippen molar-refractivity contribution in [2.75, 3.05) is 19.5 Å². The number of hydrazine groups is 1. The third-order valence-electron chi connectivity index (χ3n) is 1.99. The van der Waals surface area contributed by atoms with E-state index in [1.165, 1.54) is 6.26 Å². The summed E-state index contributed by atoms with van der Waals surface area (Å²) in [6.07, 6.45) is 2.48. The molecule has 0 saturated carbocycles. The molecule has 1 aromatic heterocycles. The molecule has 0 atom stereocenters. The molecule has 0 aliphatic carbocycles. The molecule has 0 spiro atoms. The molecule has 90 valence electrons. The smallest absolute Gasteiger partial charge is 0.268 e. The van der Waals surface area contributed by atoms with E-state index >= 15 is 0 Å². The molecule has 16 heavy (non-hydrogen) atoms. The molecule has 0 fully saturated rings. The fraction of sp³-hybridized carbons (Fsp3) is 0.500. The van der Waals surface area contributed by atoms with Gasteiger partial charge in [0.25, 0.3) is 5.91 Å². The highest BCUT2D eigenvalue weighted by Crippen LogP contribution is 2.18. The van der Waals surface area contributed by atoms with Crippen LogP contribution in [0.25, 0.3) is 0 Å². The molecule has 5 nitrogen and oxygen atoms in total. The third-order valence-corrected chi connectivity index (χ3v) is 3.04. The maximum absolute atomic E-state index is 11.3. The number of rotatable bonds is 7. The van der Waals surface area contributed by atoms with Gasteiger partial charge in [0, 0.05) is 13.7 Å². The first kappa shape index (κ1) is 13.1. The first-order chi connectivity index (χ1) is 7.79. The number of carbonyl (C=O) groups is 1. The van der Waals surface area contributed by atoms with Crippen LogP contribution >= 0.6 is 11.8 Å². The second-order valence-electron chi connectivity index (χ2n) is 3.13. The van der Waals surface area contributed by atoms with Gasteiger partial charge >= 0.3 is 0 Å². The van der Waals surface area contributed by atoms with Gasteiger partial charge in [-0.15, -0.1) is 0 Å². The van der Waals surface area contributed by atoms with Crippen LogP contribution in [0.5, 0.6) is 0 Å². The van der Waals surface area contributed by atoms with Crippen LogP contribution in [0.15, 0.2) is 16.7 Å². The number of methoxy groups -OCH3 is 1. The lowest BCUT2D eigenvalue weighted by Gasteiger charge is -2.01. The van der Waals surface area contributed by atoms with E-state index in [-0.39, 0.29) is 5.91 Å². The van der Waals surface area contributed by atoms with Crippen LogP contribution in [0, 0.1) is 0 Å². The molecule has 0 radical (unpaired) electrons. The standard InChI is InChI=1S/C10H16N2O3S/c1-14-4-2-6-16-7-9-8(3-5-15-9)10(13)12-11/h3,5H,2,4,6-7,11H2,1H3,(H,12,13). The summed E-state index contributed by atoms with van der Waals surface area (Å²) in [5, 5.41) is 0. The quantitative estimate of drug-likeness (QED) is 0.325. The van der Waals surface area contributed by atoms with E-state index in [0.717, 1.165) is 18.8 Å². The Morgan fingerprint density at radius 3 is 3.19 bits per heavy atom. The number of thioether (sulfide) groups is 1. The van der Waals surface area contributed by atoms with Gasteiger partial charge in [0.05, 0.1) is 17.6 Å². The molecule has 0 aliphatic rings. The van der Waals surface area contributed by atoms with Crippen LogP contribution in [0.1, 0.15) is 22.5 Å². The van der Waals surface area contributed by atoms with Gasteiger partial charge in [0.2, 0.25) is 0 Å². The molecule has 3 N–H and O–H groups in total. The molecule has 1 heterocycles. The minimum absolute atomic E-state index is 0.318. The average molecular weight is 244 g/mol. The zero-order valence-electron chi connectivity index (χ0n) is 9.19. The summed E-state index contributed by atoms with van der Waals surface area (Å²) in [6, 6.07) is 1.62. The van der Waals surface area contributed by atoms with Gasteiger partial charge in [0.1, 0.15) is 5.76 Å². The molecule has 6 heteroatoms. The van der Waals surface area contributed by atoms with Gasteiger partial charge in [-0.3, -0.25) is 10.2 Å². The lowest BCUT2D eigenvalue weighted by molar-refractivity contribution is 0.0952. The van der Waals surface area contributed by atoms with Gasteiger partial charge in [0.15, 0.2) is 0 Å². The van der Waals surface area contributed by atoms with Crippen molar-refractivity contribution >= 4 is 17.7 Å². The Kier molecular flexibility index (Phi) is 5.99. The number of furan rings is 1. The fourth-order valence-corrected chi connectivity index (χ4v) is 2.08. The zero-order valence-corrected chi connectivity index (χ0v) is 10.0. The number of nitrogens with one attached hydrogen (secondary N) is 1. The third kappa shape index (κ3) is 3.88. The number of carbonyl (C=O) groups excluding carboxylic acids is 1. The van der Waals surface area contributed by atoms with Crippen LogP contribution in [-0.2, 0) is 10.5 Å². The maximum atomic E-state index is 11.3. The van der Waals surface area contributed by atoms with Gasteiger partial charge < -0.3 is 9.15 Å². The summed E-state index contributed by atoms with van der Waals surface area (Å²) >= 11 is 1.70. The number of nitrogens with two attached hydrogens (primary N) is 1. The van der Waals surface area contributed by atoms with Crippen molar-refractivity contribution in [2.45, 2.75) is 12.2 Å². The Labute approximate surface area is 98.7 Å². The zero-order chi connectivity index (χ0) is 11.8. The van der Waals surface area contributed by atoms with E-state index in [0.29, 0.717) is 17.1 Å². The molecule has 1 amide bonds. The van der Waals surface area contributed by atoms with E-state index in [2.05, 4.69) is 5.43 Å². The minimum Gasteiger partial charge on any atom is -0.468 e. The van der Waals surface area contributed by atoms with Crippen molar-refractivity contribution in [2.24, 2.45) is 5.84 Å². The van der Waals surface area contributed by atoms with Crippen LogP contribution in [-0.4, -0.2) is 25.4 Å². The average Bonchev–Trinajstić information content (AvgIpc) is 2.76. The molecule has 1 rings (SSSR count). The molecule has 0 saturated heterocycles. The SMILES string of the molecule is COCCCSCc1occc1C(=O)NN. The summed E-state index contributed by atoms with van der Waals surface area (Å²) < 4.78 is 10.2. The van der Waals surface area contributed by atoms with Crippen molar-refractivity contribution in [3.05, 3.63) is 23.7 Å². The topological polar surface area (TPSA) is 77.5 Å². The van der Waals surface area contributed by atoms with E-state index in [1.54, 1.807) is 24.9 Å². The Balaban J connectivity index is 2.36. The van der Waals surface area contributed by atoms with E-state index in [9.17, 15) is 4.79 Å². The monoisotopic (exact) mass is 244 g/mol. The Morgan fingerprint density at radius 1 is 1.69 bits per heavy atom. The molecule has 0 aliphatic heterocycles. The van der Waals surface area contributed by atoms with Crippen LogP contribution < -0.4 is 11.3 Å². The maximum Gasteiger partial charge on any atom is 0.268 e. The van der Waals surface area contributed by atoms with Crippen LogP contribution in [0.3, 0.4) is 0 Å². The van der Waals surface area contributed by atoms with E-state index in [4.69, 9.17) is 15.0 Å². The molecule has 0 aromatic carbocycles. The predicted octanol–water partition coefficient (Wildman–Crippen LogP) is 1.15. The first-order valence-electron chi connectivity index (χ1n) is 4.93. The van der Waals surface area contributed by atoms with Gasteiger partial charge in [-0.25, -0.2) is 5.84 Å². The summed E-state index contributed by atoms with van der Waals surface area (Å²) in [4.78, 5) is 11.3. The number of nitrogen functional groups attached to an aromatic ring is 1. The predicted molar refractivity (Wildman–Crippen MR) is 63.0 cm³/mol. The molecule has 0 bridgehead atoms. The van der Waals surface area contributed by atoms with Crippen molar-refractivity contribution in [3.8, 4) is 0 Å². The fourth-order valence-electron chi connectivity index (χ4n) is 1.20. The lowest BCUT2D eigenvalue weighted by Crippen LogP contribution is -2.30. The van der Waals surface area contributed by atoms with Crippen molar-refractivity contribution in [1.29, 1.82) is 0 Å². The van der Waals surface area contributed by atoms with Crippen molar-refractivity contribution in [1.82, 2.24) is 5.43 Å². The number of ether oxygens (including phenoxy) is 1. The highest BCUT2D eigenvalue weighted by molar-refractivity contribution is 7.98. The van der Waals surface area contributed by atoms with Gasteiger partial charge in [-0.1, -0.05) is 0 Å². The van der Waals surface area contributed by atoms with Gasteiger partial charge in [-0.2, -0.15) is 11.8 Å². The van der Waals surface area contributed by atoms with Crippen molar-refractivity contribution in [3.63, 3.8) is 0 Å². The highest BCUT2D eigenvalue weighted by Gasteiger charge is 2.12. The number of hydrogen-bond acceptors (Lipinski definition) is 5. The molecule has 1 aromatic rings. The second kappa shape index (κ2) is 7.32. The highest BCUT2D eigenvalue weighted by atomic mass is 32.2. The Hall–Kier alpha value is -0.980. The van der Waals surface area contributed by atoms with Gasteiger partial charge in [-0.05, 0) is 18.2 Å². The normalized spacial score (nSPS) is 10.4. The summed E-state index contributed by atoms with van der Waals surface area (Å²) in [6.45, 7) is 0.751. The van der Waals surface area contributed by atoms with Crippen molar-refractivity contribution < 1.29 is 13.9 Å². The molecule has 0 unspecified atom stereocenters. The Bertz CT molecular complexity index is 328. The van der Waals surface area contributed by atoms with Crippen LogP contribution in [0.4, 0.5) is 0 Å². The number of hydrogen-bond donors (Lipinski definition) is 2. The molecular formula is C10H16N2O3S.